The Morgan fingerprint density at radius 2 is 1.52 bits per heavy atom. The number of carbonyl (C=O) groups excluding carboxylic acids is 1. The molecule has 0 heterocycles. The highest BCUT2D eigenvalue weighted by molar-refractivity contribution is 5.91. The van der Waals surface area contributed by atoms with Crippen LogP contribution in [-0.2, 0) is 6.42 Å². The van der Waals surface area contributed by atoms with Crippen molar-refractivity contribution in [3.63, 3.8) is 0 Å². The number of benzene rings is 2. The maximum Gasteiger partial charge on any atom is 0.573 e. The zero-order valence-electron chi connectivity index (χ0n) is 12.4. The summed E-state index contributed by atoms with van der Waals surface area (Å²) in [7, 11) is 0. The Morgan fingerprint density at radius 1 is 0.957 bits per heavy atom. The van der Waals surface area contributed by atoms with Crippen LogP contribution in [0, 0.1) is 0 Å². The van der Waals surface area contributed by atoms with Crippen molar-refractivity contribution < 1.29 is 27.4 Å². The first-order valence-electron chi connectivity index (χ1n) is 7.04. The molecule has 0 aliphatic carbocycles. The van der Waals surface area contributed by atoms with Crippen molar-refractivity contribution in [1.82, 2.24) is 0 Å². The number of esters is 1. The monoisotopic (exact) mass is 324 g/mol. The SMILES string of the molecule is CCCc1ccc(C(=O)Oc2ccc(OC(F)(F)F)cc2)cc1. The van der Waals surface area contributed by atoms with Gasteiger partial charge in [0.05, 0.1) is 5.56 Å². The lowest BCUT2D eigenvalue weighted by atomic mass is 10.1. The summed E-state index contributed by atoms with van der Waals surface area (Å²) < 4.78 is 45.0. The number of hydrogen-bond acceptors (Lipinski definition) is 3. The molecule has 2 aromatic carbocycles. The number of hydrogen-bond donors (Lipinski definition) is 0. The fraction of sp³-hybridized carbons (Fsp3) is 0.235. The van der Waals surface area contributed by atoms with E-state index in [1.165, 1.54) is 12.1 Å². The molecule has 0 saturated carbocycles. The predicted octanol–water partition coefficient (Wildman–Crippen LogP) is 4.76. The maximum atomic E-state index is 12.1. The first-order chi connectivity index (χ1) is 10.9. The lowest BCUT2D eigenvalue weighted by Crippen LogP contribution is -2.17. The summed E-state index contributed by atoms with van der Waals surface area (Å²) in [6.07, 6.45) is -2.81. The van der Waals surface area contributed by atoms with Crippen molar-refractivity contribution in [2.24, 2.45) is 0 Å². The van der Waals surface area contributed by atoms with E-state index < -0.39 is 12.3 Å². The van der Waals surface area contributed by atoms with Gasteiger partial charge in [0.15, 0.2) is 0 Å². The largest absolute Gasteiger partial charge is 0.573 e. The van der Waals surface area contributed by atoms with E-state index in [-0.39, 0.29) is 11.5 Å². The molecule has 0 spiro atoms. The van der Waals surface area contributed by atoms with Crippen molar-refractivity contribution in [1.29, 1.82) is 0 Å². The molecule has 0 unspecified atom stereocenters. The third-order valence-corrected chi connectivity index (χ3v) is 3.00. The average Bonchev–Trinajstić information content (AvgIpc) is 2.49. The molecule has 0 aromatic heterocycles. The van der Waals surface area contributed by atoms with Gasteiger partial charge in [0.2, 0.25) is 0 Å². The minimum absolute atomic E-state index is 0.141. The predicted molar refractivity (Wildman–Crippen MR) is 78.5 cm³/mol. The van der Waals surface area contributed by atoms with Crippen LogP contribution in [0.3, 0.4) is 0 Å². The lowest BCUT2D eigenvalue weighted by Gasteiger charge is -2.09. The van der Waals surface area contributed by atoms with Gasteiger partial charge in [0.1, 0.15) is 11.5 Å². The molecule has 122 valence electrons. The molecule has 0 fully saturated rings. The van der Waals surface area contributed by atoms with Gasteiger partial charge in [-0.15, -0.1) is 13.2 Å². The molecule has 3 nitrogen and oxygen atoms in total. The maximum absolute atomic E-state index is 12.1. The molecular formula is C17H15F3O3. The second-order valence-electron chi connectivity index (χ2n) is 4.86. The molecule has 0 aliphatic rings. The molecule has 0 atom stereocenters. The molecular weight excluding hydrogens is 309 g/mol. The van der Waals surface area contributed by atoms with Gasteiger partial charge in [-0.2, -0.15) is 0 Å². The molecule has 2 aromatic rings. The molecule has 0 amide bonds. The number of carbonyl (C=O) groups is 1. The Labute approximate surface area is 131 Å². The second kappa shape index (κ2) is 7.17. The van der Waals surface area contributed by atoms with Crippen molar-refractivity contribution in [3.05, 3.63) is 59.7 Å². The van der Waals surface area contributed by atoms with E-state index in [0.717, 1.165) is 30.5 Å². The lowest BCUT2D eigenvalue weighted by molar-refractivity contribution is -0.274. The molecule has 0 bridgehead atoms. The van der Waals surface area contributed by atoms with Crippen molar-refractivity contribution >= 4 is 5.97 Å². The van der Waals surface area contributed by atoms with Crippen molar-refractivity contribution in [2.75, 3.05) is 0 Å². The number of aryl methyl sites for hydroxylation is 1. The second-order valence-corrected chi connectivity index (χ2v) is 4.86. The van der Waals surface area contributed by atoms with Crippen LogP contribution in [0.15, 0.2) is 48.5 Å². The third kappa shape index (κ3) is 5.32. The summed E-state index contributed by atoms with van der Waals surface area (Å²) >= 11 is 0. The molecule has 23 heavy (non-hydrogen) atoms. The molecule has 0 aliphatic heterocycles. The van der Waals surface area contributed by atoms with Crippen molar-refractivity contribution in [2.45, 2.75) is 26.1 Å². The third-order valence-electron chi connectivity index (χ3n) is 3.00. The smallest absolute Gasteiger partial charge is 0.423 e. The van der Waals surface area contributed by atoms with E-state index >= 15 is 0 Å². The molecule has 0 N–H and O–H groups in total. The van der Waals surface area contributed by atoms with Crippen LogP contribution in [0.5, 0.6) is 11.5 Å². The minimum atomic E-state index is -4.75. The zero-order valence-corrected chi connectivity index (χ0v) is 12.4. The van der Waals surface area contributed by atoms with Crippen molar-refractivity contribution in [3.8, 4) is 11.5 Å². The van der Waals surface area contributed by atoms with Gasteiger partial charge in [-0.25, -0.2) is 4.79 Å². The standard InChI is InChI=1S/C17H15F3O3/c1-2-3-12-4-6-13(7-5-12)16(21)22-14-8-10-15(11-9-14)23-17(18,19)20/h4-11H,2-3H2,1H3. The van der Waals surface area contributed by atoms with E-state index in [0.29, 0.717) is 5.56 Å². The topological polar surface area (TPSA) is 35.5 Å². The van der Waals surface area contributed by atoms with E-state index in [2.05, 4.69) is 11.7 Å². The minimum Gasteiger partial charge on any atom is -0.423 e. The summed E-state index contributed by atoms with van der Waals surface area (Å²) in [4.78, 5) is 12.0. The van der Waals surface area contributed by atoms with Gasteiger partial charge < -0.3 is 9.47 Å². The van der Waals surface area contributed by atoms with Crippen LogP contribution in [0.1, 0.15) is 29.3 Å². The van der Waals surface area contributed by atoms with Crippen LogP contribution in [-0.4, -0.2) is 12.3 Å². The highest BCUT2D eigenvalue weighted by atomic mass is 19.4. The normalized spacial score (nSPS) is 11.1. The fourth-order valence-electron chi connectivity index (χ4n) is 1.97. The Bertz CT molecular complexity index is 646. The highest BCUT2D eigenvalue weighted by Gasteiger charge is 2.31. The number of rotatable bonds is 5. The van der Waals surface area contributed by atoms with Crippen LogP contribution in [0.2, 0.25) is 0 Å². The van der Waals surface area contributed by atoms with Gasteiger partial charge in [-0.3, -0.25) is 0 Å². The summed E-state index contributed by atoms with van der Waals surface area (Å²) in [5.74, 6) is -0.805. The van der Waals surface area contributed by atoms with Gasteiger partial charge in [0.25, 0.3) is 0 Å². The molecule has 0 saturated heterocycles. The Hall–Kier alpha value is -2.50. The van der Waals surface area contributed by atoms with Gasteiger partial charge >= 0.3 is 12.3 Å². The van der Waals surface area contributed by atoms with Gasteiger partial charge in [-0.05, 0) is 48.4 Å². The van der Waals surface area contributed by atoms with Gasteiger partial charge in [0, 0.05) is 0 Å². The van der Waals surface area contributed by atoms with Crippen LogP contribution in [0.25, 0.3) is 0 Å². The fourth-order valence-corrected chi connectivity index (χ4v) is 1.97. The summed E-state index contributed by atoms with van der Waals surface area (Å²) in [6.45, 7) is 2.06. The summed E-state index contributed by atoms with van der Waals surface area (Å²) in [5, 5.41) is 0. The zero-order chi connectivity index (χ0) is 16.9. The van der Waals surface area contributed by atoms with Crippen LogP contribution in [0.4, 0.5) is 13.2 Å². The van der Waals surface area contributed by atoms with Crippen LogP contribution >= 0.6 is 0 Å². The Kier molecular flexibility index (Phi) is 5.26. The summed E-state index contributed by atoms with van der Waals surface area (Å²) in [5.41, 5.74) is 1.50. The number of alkyl halides is 3. The first-order valence-corrected chi connectivity index (χ1v) is 7.04. The Morgan fingerprint density at radius 3 is 2.04 bits per heavy atom. The number of halogens is 3. The molecule has 0 radical (unpaired) electrons. The first kappa shape index (κ1) is 16.9. The van der Waals surface area contributed by atoms with E-state index in [4.69, 9.17) is 4.74 Å². The highest BCUT2D eigenvalue weighted by Crippen LogP contribution is 2.25. The van der Waals surface area contributed by atoms with E-state index in [1.807, 2.05) is 12.1 Å². The quantitative estimate of drug-likeness (QED) is 0.588. The molecule has 6 heteroatoms. The van der Waals surface area contributed by atoms with Crippen LogP contribution < -0.4 is 9.47 Å². The van der Waals surface area contributed by atoms with Gasteiger partial charge in [-0.1, -0.05) is 25.5 Å². The summed E-state index contributed by atoms with van der Waals surface area (Å²) in [6, 6.07) is 11.7. The van der Waals surface area contributed by atoms with E-state index in [1.54, 1.807) is 12.1 Å². The average molecular weight is 324 g/mol. The van der Waals surface area contributed by atoms with E-state index in [9.17, 15) is 18.0 Å². The Balaban J connectivity index is 1.99. The number of ether oxygens (including phenoxy) is 2. The molecule has 2 rings (SSSR count).